The Bertz CT molecular complexity index is 682. The van der Waals surface area contributed by atoms with Crippen LogP contribution in [0.25, 0.3) is 0 Å². The van der Waals surface area contributed by atoms with Crippen molar-refractivity contribution >= 4 is 23.4 Å². The fraction of sp³-hybridized carbons (Fsp3) is 0.421. The molecule has 1 aromatic rings. The molecule has 1 aromatic carbocycles. The number of carbonyl (C=O) groups is 3. The molecule has 0 spiro atoms. The molecule has 0 aliphatic heterocycles. The third-order valence-corrected chi connectivity index (χ3v) is 4.88. The predicted octanol–water partition coefficient (Wildman–Crippen LogP) is 2.37. The first-order valence-corrected chi connectivity index (χ1v) is 8.33. The number of benzene rings is 1. The van der Waals surface area contributed by atoms with Gasteiger partial charge in [0.1, 0.15) is 5.54 Å². The van der Waals surface area contributed by atoms with Crippen molar-refractivity contribution in [3.05, 3.63) is 42.5 Å². The van der Waals surface area contributed by atoms with Crippen LogP contribution >= 0.6 is 0 Å². The summed E-state index contributed by atoms with van der Waals surface area (Å²) in [7, 11) is 0. The number of hydrogen-bond acceptors (Lipinski definition) is 3. The van der Waals surface area contributed by atoms with Crippen LogP contribution in [0.2, 0.25) is 0 Å². The molecule has 6 heteroatoms. The lowest BCUT2D eigenvalue weighted by molar-refractivity contribution is -0.126. The molecule has 0 radical (unpaired) electrons. The van der Waals surface area contributed by atoms with Gasteiger partial charge in [0.15, 0.2) is 0 Å². The Morgan fingerprint density at radius 1 is 1.08 bits per heavy atom. The second kappa shape index (κ2) is 7.09. The van der Waals surface area contributed by atoms with Gasteiger partial charge < -0.3 is 16.4 Å². The normalized spacial score (nSPS) is 18.0. The van der Waals surface area contributed by atoms with Gasteiger partial charge in [-0.1, -0.05) is 20.4 Å². The maximum Gasteiger partial charge on any atom is 0.252 e. The SMILES string of the molecule is C=CC(=O)Nc1ccc(C(=O)NC2(C(N)=O)CCC(C)(C)CC2)cc1. The van der Waals surface area contributed by atoms with Crippen LogP contribution in [-0.2, 0) is 9.59 Å². The smallest absolute Gasteiger partial charge is 0.252 e. The van der Waals surface area contributed by atoms with Crippen LogP contribution in [0.4, 0.5) is 5.69 Å². The van der Waals surface area contributed by atoms with E-state index in [1.165, 1.54) is 6.08 Å². The molecular weight excluding hydrogens is 318 g/mol. The quantitative estimate of drug-likeness (QED) is 0.715. The molecule has 0 atom stereocenters. The topological polar surface area (TPSA) is 101 Å². The van der Waals surface area contributed by atoms with Crippen molar-refractivity contribution in [2.24, 2.45) is 11.1 Å². The third kappa shape index (κ3) is 4.47. The molecule has 3 amide bonds. The van der Waals surface area contributed by atoms with Gasteiger partial charge in [-0.15, -0.1) is 0 Å². The number of rotatable bonds is 5. The van der Waals surface area contributed by atoms with Gasteiger partial charge in [-0.2, -0.15) is 0 Å². The lowest BCUT2D eigenvalue weighted by Crippen LogP contribution is -2.59. The zero-order valence-electron chi connectivity index (χ0n) is 14.7. The molecule has 1 aliphatic carbocycles. The van der Waals surface area contributed by atoms with E-state index in [2.05, 4.69) is 31.1 Å². The highest BCUT2D eigenvalue weighted by molar-refractivity contribution is 6.01. The Hall–Kier alpha value is -2.63. The van der Waals surface area contributed by atoms with Crippen molar-refractivity contribution < 1.29 is 14.4 Å². The van der Waals surface area contributed by atoms with Gasteiger partial charge in [-0.25, -0.2) is 0 Å². The number of nitrogens with two attached hydrogens (primary N) is 1. The van der Waals surface area contributed by atoms with Crippen molar-refractivity contribution in [3.63, 3.8) is 0 Å². The van der Waals surface area contributed by atoms with Gasteiger partial charge in [0, 0.05) is 11.3 Å². The van der Waals surface area contributed by atoms with Gasteiger partial charge in [-0.3, -0.25) is 14.4 Å². The summed E-state index contributed by atoms with van der Waals surface area (Å²) in [5.41, 5.74) is 5.72. The highest BCUT2D eigenvalue weighted by atomic mass is 16.2. The van der Waals surface area contributed by atoms with Crippen molar-refractivity contribution in [2.45, 2.75) is 45.1 Å². The van der Waals surface area contributed by atoms with Crippen LogP contribution in [0.15, 0.2) is 36.9 Å². The first-order chi connectivity index (χ1) is 11.7. The molecule has 4 N–H and O–H groups in total. The largest absolute Gasteiger partial charge is 0.368 e. The van der Waals surface area contributed by atoms with Crippen molar-refractivity contribution in [1.29, 1.82) is 0 Å². The molecule has 1 fully saturated rings. The van der Waals surface area contributed by atoms with Crippen LogP contribution < -0.4 is 16.4 Å². The molecule has 0 unspecified atom stereocenters. The van der Waals surface area contributed by atoms with E-state index in [0.29, 0.717) is 24.1 Å². The fourth-order valence-corrected chi connectivity index (χ4v) is 2.97. The molecular formula is C19H25N3O3. The summed E-state index contributed by atoms with van der Waals surface area (Å²) >= 11 is 0. The predicted molar refractivity (Wildman–Crippen MR) is 96.9 cm³/mol. The second-order valence-electron chi connectivity index (χ2n) is 7.34. The molecule has 0 heterocycles. The van der Waals surface area contributed by atoms with E-state index in [0.717, 1.165) is 12.8 Å². The lowest BCUT2D eigenvalue weighted by Gasteiger charge is -2.41. The Morgan fingerprint density at radius 2 is 1.64 bits per heavy atom. The average Bonchev–Trinajstić information content (AvgIpc) is 2.57. The Morgan fingerprint density at radius 3 is 2.12 bits per heavy atom. The average molecular weight is 343 g/mol. The van der Waals surface area contributed by atoms with Gasteiger partial charge in [0.25, 0.3) is 5.91 Å². The minimum absolute atomic E-state index is 0.148. The maximum absolute atomic E-state index is 12.6. The van der Waals surface area contributed by atoms with Crippen LogP contribution in [0.1, 0.15) is 49.9 Å². The Kier molecular flexibility index (Phi) is 5.30. The third-order valence-electron chi connectivity index (χ3n) is 4.88. The molecule has 1 aliphatic rings. The molecule has 134 valence electrons. The molecule has 6 nitrogen and oxygen atoms in total. The molecule has 2 rings (SSSR count). The van der Waals surface area contributed by atoms with Gasteiger partial charge in [-0.05, 0) is 61.4 Å². The van der Waals surface area contributed by atoms with Crippen LogP contribution in [0, 0.1) is 5.41 Å². The lowest BCUT2D eigenvalue weighted by atomic mass is 9.69. The van der Waals surface area contributed by atoms with Gasteiger partial charge in [0.05, 0.1) is 0 Å². The summed E-state index contributed by atoms with van der Waals surface area (Å²) in [6.45, 7) is 7.68. The summed E-state index contributed by atoms with van der Waals surface area (Å²) in [6.07, 6.45) is 3.89. The number of anilines is 1. The maximum atomic E-state index is 12.6. The van der Waals surface area contributed by atoms with E-state index < -0.39 is 11.4 Å². The summed E-state index contributed by atoms with van der Waals surface area (Å²) in [5.74, 6) is -1.17. The van der Waals surface area contributed by atoms with E-state index in [9.17, 15) is 14.4 Å². The summed E-state index contributed by atoms with van der Waals surface area (Å²) in [4.78, 5) is 35.8. The standard InChI is InChI=1S/C19H25N3O3/c1-4-15(23)21-14-7-5-13(6-8-14)16(24)22-19(17(20)25)11-9-18(2,3)10-12-19/h4-8H,1,9-12H2,2-3H3,(H2,20,25)(H,21,23)(H,22,24). The number of carbonyl (C=O) groups excluding carboxylic acids is 3. The Labute approximate surface area is 147 Å². The van der Waals surface area contributed by atoms with Gasteiger partial charge >= 0.3 is 0 Å². The summed E-state index contributed by atoms with van der Waals surface area (Å²) in [5, 5.41) is 5.45. The molecule has 25 heavy (non-hydrogen) atoms. The van der Waals surface area contributed by atoms with E-state index in [1.54, 1.807) is 24.3 Å². The van der Waals surface area contributed by atoms with E-state index in [-0.39, 0.29) is 17.2 Å². The first kappa shape index (κ1) is 18.7. The molecule has 0 saturated heterocycles. The number of hydrogen-bond donors (Lipinski definition) is 3. The van der Waals surface area contributed by atoms with Crippen molar-refractivity contribution in [1.82, 2.24) is 5.32 Å². The van der Waals surface area contributed by atoms with Crippen molar-refractivity contribution in [2.75, 3.05) is 5.32 Å². The number of primary amides is 1. The Balaban J connectivity index is 2.10. The summed E-state index contributed by atoms with van der Waals surface area (Å²) < 4.78 is 0. The zero-order chi connectivity index (χ0) is 18.7. The van der Waals surface area contributed by atoms with Crippen LogP contribution in [0.3, 0.4) is 0 Å². The summed E-state index contributed by atoms with van der Waals surface area (Å²) in [6, 6.07) is 6.43. The van der Waals surface area contributed by atoms with Crippen molar-refractivity contribution in [3.8, 4) is 0 Å². The molecule has 1 saturated carbocycles. The van der Waals surface area contributed by atoms with E-state index >= 15 is 0 Å². The molecule has 0 bridgehead atoms. The number of amides is 3. The van der Waals surface area contributed by atoms with E-state index in [1.807, 2.05) is 0 Å². The van der Waals surface area contributed by atoms with E-state index in [4.69, 9.17) is 5.73 Å². The van der Waals surface area contributed by atoms with Crippen LogP contribution in [0.5, 0.6) is 0 Å². The zero-order valence-corrected chi connectivity index (χ0v) is 14.7. The molecule has 0 aromatic heterocycles. The number of nitrogens with one attached hydrogen (secondary N) is 2. The second-order valence-corrected chi connectivity index (χ2v) is 7.34. The van der Waals surface area contributed by atoms with Crippen LogP contribution in [-0.4, -0.2) is 23.3 Å². The highest BCUT2D eigenvalue weighted by Crippen LogP contribution is 2.40. The first-order valence-electron chi connectivity index (χ1n) is 8.33. The minimum atomic E-state index is -0.998. The van der Waals surface area contributed by atoms with Gasteiger partial charge in [0.2, 0.25) is 11.8 Å². The fourth-order valence-electron chi connectivity index (χ4n) is 2.97. The monoisotopic (exact) mass is 343 g/mol. The minimum Gasteiger partial charge on any atom is -0.368 e. The highest BCUT2D eigenvalue weighted by Gasteiger charge is 2.43.